The lowest BCUT2D eigenvalue weighted by Crippen LogP contribution is -2.02. The molecule has 78 valence electrons. The van der Waals surface area contributed by atoms with Crippen molar-refractivity contribution in [3.63, 3.8) is 0 Å². The van der Waals surface area contributed by atoms with E-state index in [9.17, 15) is 8.78 Å². The smallest absolute Gasteiger partial charge is 0.247 e. The summed E-state index contributed by atoms with van der Waals surface area (Å²) in [7, 11) is 0. The standard InChI is InChI=1S/C10H13F2NS/c11-10(12)7-14-9-3-1-2-8(6-9)4-5-13/h1-3,6,10H,4-5,7,13H2. The van der Waals surface area contributed by atoms with Gasteiger partial charge in [0.15, 0.2) is 0 Å². The molecule has 1 aromatic rings. The highest BCUT2D eigenvalue weighted by Gasteiger charge is 2.03. The first-order chi connectivity index (χ1) is 6.72. The zero-order chi connectivity index (χ0) is 10.4. The van der Waals surface area contributed by atoms with Crippen molar-refractivity contribution < 1.29 is 8.78 Å². The van der Waals surface area contributed by atoms with E-state index in [1.807, 2.05) is 24.3 Å². The fourth-order valence-electron chi connectivity index (χ4n) is 1.12. The molecule has 0 atom stereocenters. The van der Waals surface area contributed by atoms with Crippen LogP contribution in [0.5, 0.6) is 0 Å². The maximum Gasteiger partial charge on any atom is 0.247 e. The molecule has 0 aliphatic rings. The molecule has 0 radical (unpaired) electrons. The van der Waals surface area contributed by atoms with Gasteiger partial charge in [-0.15, -0.1) is 11.8 Å². The average Bonchev–Trinajstić information content (AvgIpc) is 2.16. The van der Waals surface area contributed by atoms with E-state index >= 15 is 0 Å². The third kappa shape index (κ3) is 4.07. The third-order valence-electron chi connectivity index (χ3n) is 1.71. The van der Waals surface area contributed by atoms with Gasteiger partial charge in [-0.2, -0.15) is 0 Å². The van der Waals surface area contributed by atoms with Gasteiger partial charge in [-0.25, -0.2) is 8.78 Å². The maximum absolute atomic E-state index is 11.9. The monoisotopic (exact) mass is 217 g/mol. The van der Waals surface area contributed by atoms with Crippen LogP contribution in [-0.2, 0) is 6.42 Å². The lowest BCUT2D eigenvalue weighted by atomic mass is 10.2. The Bertz CT molecular complexity index is 279. The molecule has 0 aliphatic carbocycles. The third-order valence-corrected chi connectivity index (χ3v) is 2.71. The van der Waals surface area contributed by atoms with E-state index in [1.165, 1.54) is 11.8 Å². The molecule has 0 spiro atoms. The molecular weight excluding hydrogens is 204 g/mol. The molecule has 4 heteroatoms. The quantitative estimate of drug-likeness (QED) is 0.767. The summed E-state index contributed by atoms with van der Waals surface area (Å²) in [6.07, 6.45) is -1.46. The second-order valence-corrected chi connectivity index (χ2v) is 3.98. The van der Waals surface area contributed by atoms with E-state index < -0.39 is 6.43 Å². The molecule has 14 heavy (non-hydrogen) atoms. The number of benzene rings is 1. The first kappa shape index (κ1) is 11.5. The van der Waals surface area contributed by atoms with Crippen molar-refractivity contribution in [2.24, 2.45) is 5.73 Å². The van der Waals surface area contributed by atoms with E-state index in [2.05, 4.69) is 0 Å². The Hall–Kier alpha value is -0.610. The van der Waals surface area contributed by atoms with E-state index in [0.29, 0.717) is 6.54 Å². The first-order valence-electron chi connectivity index (χ1n) is 4.42. The normalized spacial score (nSPS) is 10.9. The number of rotatable bonds is 5. The van der Waals surface area contributed by atoms with Crippen LogP contribution in [0, 0.1) is 0 Å². The van der Waals surface area contributed by atoms with E-state index in [0.717, 1.165) is 16.9 Å². The van der Waals surface area contributed by atoms with Crippen LogP contribution < -0.4 is 5.73 Å². The van der Waals surface area contributed by atoms with Gasteiger partial charge in [0.05, 0.1) is 5.75 Å². The topological polar surface area (TPSA) is 26.0 Å². The number of halogens is 2. The van der Waals surface area contributed by atoms with Crippen LogP contribution in [0.25, 0.3) is 0 Å². The SMILES string of the molecule is NCCc1cccc(SCC(F)F)c1. The Balaban J connectivity index is 2.54. The van der Waals surface area contributed by atoms with Gasteiger partial charge in [-0.05, 0) is 30.7 Å². The molecule has 1 rings (SSSR count). The average molecular weight is 217 g/mol. The minimum Gasteiger partial charge on any atom is -0.330 e. The molecule has 0 saturated carbocycles. The molecule has 1 aromatic carbocycles. The Morgan fingerprint density at radius 2 is 2.14 bits per heavy atom. The van der Waals surface area contributed by atoms with Gasteiger partial charge in [-0.1, -0.05) is 12.1 Å². The summed E-state index contributed by atoms with van der Waals surface area (Å²) in [6, 6.07) is 7.59. The highest BCUT2D eigenvalue weighted by atomic mass is 32.2. The van der Waals surface area contributed by atoms with Gasteiger partial charge in [-0.3, -0.25) is 0 Å². The minimum absolute atomic E-state index is 0.147. The molecule has 2 N–H and O–H groups in total. The Labute approximate surface area is 86.7 Å². The summed E-state index contributed by atoms with van der Waals surface area (Å²) in [6.45, 7) is 0.586. The first-order valence-corrected chi connectivity index (χ1v) is 5.41. The van der Waals surface area contributed by atoms with Crippen molar-refractivity contribution in [2.45, 2.75) is 17.7 Å². The van der Waals surface area contributed by atoms with Crippen LogP contribution in [0.1, 0.15) is 5.56 Å². The van der Waals surface area contributed by atoms with Crippen molar-refractivity contribution in [2.75, 3.05) is 12.3 Å². The molecule has 0 bridgehead atoms. The maximum atomic E-state index is 11.9. The summed E-state index contributed by atoms with van der Waals surface area (Å²) < 4.78 is 23.9. The van der Waals surface area contributed by atoms with Gasteiger partial charge in [0.25, 0.3) is 0 Å². The fraction of sp³-hybridized carbons (Fsp3) is 0.400. The molecule has 0 aromatic heterocycles. The predicted molar refractivity (Wildman–Crippen MR) is 55.9 cm³/mol. The van der Waals surface area contributed by atoms with Gasteiger partial charge < -0.3 is 5.73 Å². The van der Waals surface area contributed by atoms with Crippen molar-refractivity contribution in [3.05, 3.63) is 29.8 Å². The van der Waals surface area contributed by atoms with Crippen LogP contribution in [0.2, 0.25) is 0 Å². The second kappa shape index (κ2) is 5.98. The van der Waals surface area contributed by atoms with E-state index in [-0.39, 0.29) is 5.75 Å². The molecule has 0 heterocycles. The van der Waals surface area contributed by atoms with Crippen molar-refractivity contribution >= 4 is 11.8 Å². The van der Waals surface area contributed by atoms with Crippen molar-refractivity contribution in [1.82, 2.24) is 0 Å². The number of thioether (sulfide) groups is 1. The Kier molecular flexibility index (Phi) is 4.90. The van der Waals surface area contributed by atoms with Gasteiger partial charge in [0.1, 0.15) is 0 Å². The molecule has 1 nitrogen and oxygen atoms in total. The molecule has 0 saturated heterocycles. The zero-order valence-electron chi connectivity index (χ0n) is 7.75. The zero-order valence-corrected chi connectivity index (χ0v) is 8.57. The van der Waals surface area contributed by atoms with Gasteiger partial charge in [0.2, 0.25) is 6.43 Å². The molecule has 0 fully saturated rings. The number of nitrogens with two attached hydrogens (primary N) is 1. The van der Waals surface area contributed by atoms with Crippen LogP contribution in [0.15, 0.2) is 29.2 Å². The number of hydrogen-bond acceptors (Lipinski definition) is 2. The molecule has 0 amide bonds. The lowest BCUT2D eigenvalue weighted by Gasteiger charge is -2.03. The number of hydrogen-bond donors (Lipinski definition) is 1. The van der Waals surface area contributed by atoms with Gasteiger partial charge >= 0.3 is 0 Å². The molecule has 0 aliphatic heterocycles. The predicted octanol–water partition coefficient (Wildman–Crippen LogP) is 2.55. The minimum atomic E-state index is -2.25. The van der Waals surface area contributed by atoms with Crippen LogP contribution >= 0.6 is 11.8 Å². The van der Waals surface area contributed by atoms with E-state index in [4.69, 9.17) is 5.73 Å². The van der Waals surface area contributed by atoms with Crippen LogP contribution in [0.4, 0.5) is 8.78 Å². The van der Waals surface area contributed by atoms with Crippen LogP contribution in [0.3, 0.4) is 0 Å². The van der Waals surface area contributed by atoms with E-state index in [1.54, 1.807) is 0 Å². The fourth-order valence-corrected chi connectivity index (χ4v) is 1.84. The summed E-state index contributed by atoms with van der Waals surface area (Å²) in [5.74, 6) is -0.147. The van der Waals surface area contributed by atoms with Gasteiger partial charge in [0, 0.05) is 4.90 Å². The summed E-state index contributed by atoms with van der Waals surface area (Å²) in [5, 5.41) is 0. The molecular formula is C10H13F2NS. The van der Waals surface area contributed by atoms with Crippen molar-refractivity contribution in [3.8, 4) is 0 Å². The lowest BCUT2D eigenvalue weighted by molar-refractivity contribution is 0.177. The largest absolute Gasteiger partial charge is 0.330 e. The number of alkyl halides is 2. The highest BCUT2D eigenvalue weighted by Crippen LogP contribution is 2.21. The highest BCUT2D eigenvalue weighted by molar-refractivity contribution is 7.99. The Morgan fingerprint density at radius 1 is 1.36 bits per heavy atom. The summed E-state index contributed by atoms with van der Waals surface area (Å²) in [5.41, 5.74) is 6.51. The second-order valence-electron chi connectivity index (χ2n) is 2.89. The Morgan fingerprint density at radius 3 is 2.79 bits per heavy atom. The van der Waals surface area contributed by atoms with Crippen LogP contribution in [-0.4, -0.2) is 18.7 Å². The summed E-state index contributed by atoms with van der Waals surface area (Å²) >= 11 is 1.18. The summed E-state index contributed by atoms with van der Waals surface area (Å²) in [4.78, 5) is 0.885. The molecule has 0 unspecified atom stereocenters. The van der Waals surface area contributed by atoms with Crippen molar-refractivity contribution in [1.29, 1.82) is 0 Å².